The van der Waals surface area contributed by atoms with Crippen molar-refractivity contribution in [1.82, 2.24) is 20.1 Å². The molecule has 1 aliphatic carbocycles. The number of nitrogens with zero attached hydrogens (tertiary/aromatic N) is 3. The Hall–Kier alpha value is -0.900. The fraction of sp³-hybridized carbons (Fsp3) is 0.833. The Morgan fingerprint density at radius 2 is 2.25 bits per heavy atom. The standard InChI is InChI=1S/C12H22N4/c1-3-10-6-4-5-7-11(10)13-8-12-14-9-15-16(12)2/h9-11,13H,3-8H2,1-2H3. The first-order valence-electron chi connectivity index (χ1n) is 6.37. The highest BCUT2D eigenvalue weighted by molar-refractivity contribution is 4.86. The number of hydrogen-bond acceptors (Lipinski definition) is 3. The zero-order chi connectivity index (χ0) is 11.4. The van der Waals surface area contributed by atoms with Gasteiger partial charge in [0, 0.05) is 13.1 Å². The number of aryl methyl sites for hydroxylation is 1. The average Bonchev–Trinajstić information content (AvgIpc) is 2.72. The lowest BCUT2D eigenvalue weighted by molar-refractivity contribution is 0.252. The summed E-state index contributed by atoms with van der Waals surface area (Å²) in [5.41, 5.74) is 0. The van der Waals surface area contributed by atoms with Gasteiger partial charge in [-0.25, -0.2) is 4.98 Å². The van der Waals surface area contributed by atoms with E-state index in [9.17, 15) is 0 Å². The van der Waals surface area contributed by atoms with Gasteiger partial charge in [-0.05, 0) is 18.8 Å². The van der Waals surface area contributed by atoms with E-state index in [4.69, 9.17) is 0 Å². The first kappa shape index (κ1) is 11.6. The Kier molecular flexibility index (Phi) is 3.93. The minimum absolute atomic E-state index is 0.676. The normalized spacial score (nSPS) is 25.9. The van der Waals surface area contributed by atoms with Crippen LogP contribution in [0.25, 0.3) is 0 Å². The molecule has 1 N–H and O–H groups in total. The van der Waals surface area contributed by atoms with Crippen LogP contribution in [0.5, 0.6) is 0 Å². The van der Waals surface area contributed by atoms with Crippen molar-refractivity contribution in [2.45, 2.75) is 51.6 Å². The van der Waals surface area contributed by atoms with E-state index >= 15 is 0 Å². The second kappa shape index (κ2) is 5.43. The Bertz CT molecular complexity index is 321. The van der Waals surface area contributed by atoms with Gasteiger partial charge in [0.2, 0.25) is 0 Å². The van der Waals surface area contributed by atoms with Crippen molar-refractivity contribution in [3.05, 3.63) is 12.2 Å². The summed E-state index contributed by atoms with van der Waals surface area (Å²) in [6.07, 6.45) is 8.38. The Labute approximate surface area is 97.5 Å². The molecule has 0 saturated heterocycles. The molecule has 0 aromatic carbocycles. The third kappa shape index (κ3) is 2.61. The minimum Gasteiger partial charge on any atom is -0.307 e. The van der Waals surface area contributed by atoms with E-state index in [0.29, 0.717) is 6.04 Å². The summed E-state index contributed by atoms with van der Waals surface area (Å²) in [6, 6.07) is 0.676. The van der Waals surface area contributed by atoms with E-state index in [1.807, 2.05) is 11.7 Å². The molecular weight excluding hydrogens is 200 g/mol. The van der Waals surface area contributed by atoms with E-state index < -0.39 is 0 Å². The molecule has 16 heavy (non-hydrogen) atoms. The molecule has 1 aromatic heterocycles. The molecule has 1 heterocycles. The quantitative estimate of drug-likeness (QED) is 0.845. The fourth-order valence-corrected chi connectivity index (χ4v) is 2.67. The van der Waals surface area contributed by atoms with Gasteiger partial charge in [-0.2, -0.15) is 5.10 Å². The highest BCUT2D eigenvalue weighted by atomic mass is 15.3. The smallest absolute Gasteiger partial charge is 0.140 e. The molecule has 0 spiro atoms. The summed E-state index contributed by atoms with van der Waals surface area (Å²) in [5, 5.41) is 7.73. The zero-order valence-electron chi connectivity index (χ0n) is 10.3. The predicted molar refractivity (Wildman–Crippen MR) is 63.9 cm³/mol. The van der Waals surface area contributed by atoms with Gasteiger partial charge in [-0.3, -0.25) is 4.68 Å². The zero-order valence-corrected chi connectivity index (χ0v) is 10.3. The highest BCUT2D eigenvalue weighted by Gasteiger charge is 2.23. The third-order valence-electron chi connectivity index (χ3n) is 3.76. The van der Waals surface area contributed by atoms with Gasteiger partial charge < -0.3 is 5.32 Å². The van der Waals surface area contributed by atoms with E-state index in [2.05, 4.69) is 22.3 Å². The topological polar surface area (TPSA) is 42.7 Å². The Balaban J connectivity index is 1.86. The highest BCUT2D eigenvalue weighted by Crippen LogP contribution is 2.26. The third-order valence-corrected chi connectivity index (χ3v) is 3.76. The maximum Gasteiger partial charge on any atom is 0.140 e. The van der Waals surface area contributed by atoms with Crippen LogP contribution < -0.4 is 5.32 Å². The van der Waals surface area contributed by atoms with Gasteiger partial charge in [-0.1, -0.05) is 26.2 Å². The first-order chi connectivity index (χ1) is 7.81. The van der Waals surface area contributed by atoms with Gasteiger partial charge in [0.15, 0.2) is 0 Å². The molecule has 1 aromatic rings. The lowest BCUT2D eigenvalue weighted by atomic mass is 9.83. The number of rotatable bonds is 4. The summed E-state index contributed by atoms with van der Waals surface area (Å²) in [5.74, 6) is 1.88. The second-order valence-electron chi connectivity index (χ2n) is 4.74. The van der Waals surface area contributed by atoms with Crippen molar-refractivity contribution in [2.24, 2.45) is 13.0 Å². The number of nitrogens with one attached hydrogen (secondary N) is 1. The van der Waals surface area contributed by atoms with Gasteiger partial charge in [0.05, 0.1) is 6.54 Å². The van der Waals surface area contributed by atoms with Gasteiger partial charge in [-0.15, -0.1) is 0 Å². The van der Waals surface area contributed by atoms with Crippen molar-refractivity contribution in [3.8, 4) is 0 Å². The summed E-state index contributed by atoms with van der Waals surface area (Å²) < 4.78 is 1.84. The first-order valence-corrected chi connectivity index (χ1v) is 6.37. The molecule has 0 bridgehead atoms. The Morgan fingerprint density at radius 1 is 1.44 bits per heavy atom. The van der Waals surface area contributed by atoms with Crippen molar-refractivity contribution in [2.75, 3.05) is 0 Å². The fourth-order valence-electron chi connectivity index (χ4n) is 2.67. The van der Waals surface area contributed by atoms with E-state index in [1.54, 1.807) is 6.33 Å². The van der Waals surface area contributed by atoms with Crippen LogP contribution in [0.3, 0.4) is 0 Å². The van der Waals surface area contributed by atoms with Crippen molar-refractivity contribution < 1.29 is 0 Å². The summed E-state index contributed by atoms with van der Waals surface area (Å²) in [7, 11) is 1.95. The molecule has 0 radical (unpaired) electrons. The monoisotopic (exact) mass is 222 g/mol. The van der Waals surface area contributed by atoms with E-state index in [1.165, 1.54) is 32.1 Å². The predicted octanol–water partition coefficient (Wildman–Crippen LogP) is 1.87. The summed E-state index contributed by atoms with van der Waals surface area (Å²) in [4.78, 5) is 4.24. The van der Waals surface area contributed by atoms with Gasteiger partial charge >= 0.3 is 0 Å². The van der Waals surface area contributed by atoms with Crippen LogP contribution in [0.15, 0.2) is 6.33 Å². The van der Waals surface area contributed by atoms with Crippen molar-refractivity contribution in [3.63, 3.8) is 0 Å². The molecule has 2 atom stereocenters. The molecule has 4 heteroatoms. The minimum atomic E-state index is 0.676. The molecule has 4 nitrogen and oxygen atoms in total. The Morgan fingerprint density at radius 3 is 2.94 bits per heavy atom. The second-order valence-corrected chi connectivity index (χ2v) is 4.74. The molecule has 0 aliphatic heterocycles. The van der Waals surface area contributed by atoms with Gasteiger partial charge in [0.1, 0.15) is 12.2 Å². The van der Waals surface area contributed by atoms with Crippen LogP contribution in [-0.2, 0) is 13.6 Å². The van der Waals surface area contributed by atoms with E-state index in [-0.39, 0.29) is 0 Å². The molecule has 2 rings (SSSR count). The van der Waals surface area contributed by atoms with Crippen LogP contribution >= 0.6 is 0 Å². The number of aromatic nitrogens is 3. The van der Waals surface area contributed by atoms with Gasteiger partial charge in [0.25, 0.3) is 0 Å². The van der Waals surface area contributed by atoms with Crippen LogP contribution in [0.1, 0.15) is 44.9 Å². The largest absolute Gasteiger partial charge is 0.307 e. The van der Waals surface area contributed by atoms with Crippen LogP contribution in [0, 0.1) is 5.92 Å². The molecule has 1 saturated carbocycles. The molecular formula is C12H22N4. The van der Waals surface area contributed by atoms with Crippen molar-refractivity contribution in [1.29, 1.82) is 0 Å². The molecule has 1 fully saturated rings. The SMILES string of the molecule is CCC1CCCCC1NCc1ncnn1C. The summed E-state index contributed by atoms with van der Waals surface area (Å²) in [6.45, 7) is 3.14. The van der Waals surface area contributed by atoms with E-state index in [0.717, 1.165) is 18.3 Å². The van der Waals surface area contributed by atoms with Crippen LogP contribution in [0.4, 0.5) is 0 Å². The lowest BCUT2D eigenvalue weighted by Crippen LogP contribution is -2.38. The molecule has 90 valence electrons. The average molecular weight is 222 g/mol. The maximum atomic E-state index is 4.24. The summed E-state index contributed by atoms with van der Waals surface area (Å²) >= 11 is 0. The van der Waals surface area contributed by atoms with Crippen LogP contribution in [0.2, 0.25) is 0 Å². The molecule has 2 unspecified atom stereocenters. The molecule has 0 amide bonds. The van der Waals surface area contributed by atoms with Crippen LogP contribution in [-0.4, -0.2) is 20.8 Å². The lowest BCUT2D eigenvalue weighted by Gasteiger charge is -2.31. The van der Waals surface area contributed by atoms with Crippen molar-refractivity contribution >= 4 is 0 Å². The maximum absolute atomic E-state index is 4.24. The molecule has 1 aliphatic rings. The number of hydrogen-bond donors (Lipinski definition) is 1.